The summed E-state index contributed by atoms with van der Waals surface area (Å²) in [6, 6.07) is 10.5. The van der Waals surface area contributed by atoms with Gasteiger partial charge in [0.25, 0.3) is 0 Å². The van der Waals surface area contributed by atoms with E-state index in [1.807, 2.05) is 29.8 Å². The number of thiocarbonyl (C=S) groups is 1. The lowest BCUT2D eigenvalue weighted by atomic mass is 10.1. The first-order chi connectivity index (χ1) is 10.5. The minimum Gasteiger partial charge on any atom is -0.359 e. The van der Waals surface area contributed by atoms with Gasteiger partial charge < -0.3 is 10.6 Å². The molecule has 0 amide bonds. The van der Waals surface area contributed by atoms with Crippen LogP contribution >= 0.6 is 12.2 Å². The second-order valence-corrected chi connectivity index (χ2v) is 5.83. The van der Waals surface area contributed by atoms with Gasteiger partial charge in [0.05, 0.1) is 11.7 Å². The van der Waals surface area contributed by atoms with E-state index < -0.39 is 0 Å². The molecular formula is C17H24N4S. The van der Waals surface area contributed by atoms with Crippen molar-refractivity contribution in [1.29, 1.82) is 0 Å². The normalized spacial score (nSPS) is 12.0. The van der Waals surface area contributed by atoms with Crippen molar-refractivity contribution in [2.24, 2.45) is 0 Å². The number of benzene rings is 1. The van der Waals surface area contributed by atoms with Crippen molar-refractivity contribution in [2.75, 3.05) is 0 Å². The molecule has 0 radical (unpaired) electrons. The topological polar surface area (TPSA) is 41.9 Å². The molecule has 1 heterocycles. The fraction of sp³-hybridized carbons (Fsp3) is 0.412. The van der Waals surface area contributed by atoms with Crippen LogP contribution in [0.3, 0.4) is 0 Å². The van der Waals surface area contributed by atoms with Crippen molar-refractivity contribution in [3.05, 3.63) is 52.8 Å². The van der Waals surface area contributed by atoms with E-state index >= 15 is 0 Å². The number of rotatable bonds is 5. The van der Waals surface area contributed by atoms with Gasteiger partial charge in [-0.3, -0.25) is 4.68 Å². The van der Waals surface area contributed by atoms with Crippen LogP contribution in [0.1, 0.15) is 42.4 Å². The molecule has 22 heavy (non-hydrogen) atoms. The highest BCUT2D eigenvalue weighted by atomic mass is 32.1. The SMILES string of the molecule is CCn1nc(C)c(CNC(=S)NC(C)c2ccccc2)c1C. The average Bonchev–Trinajstić information content (AvgIpc) is 2.80. The smallest absolute Gasteiger partial charge is 0.167 e. The molecule has 0 fully saturated rings. The van der Waals surface area contributed by atoms with Crippen LogP contribution in [0.4, 0.5) is 0 Å². The summed E-state index contributed by atoms with van der Waals surface area (Å²) < 4.78 is 2.02. The van der Waals surface area contributed by atoms with Crippen LogP contribution < -0.4 is 10.6 Å². The summed E-state index contributed by atoms with van der Waals surface area (Å²) in [4.78, 5) is 0. The van der Waals surface area contributed by atoms with Crippen LogP contribution in [-0.4, -0.2) is 14.9 Å². The first-order valence-electron chi connectivity index (χ1n) is 7.65. The second-order valence-electron chi connectivity index (χ2n) is 5.42. The Bertz CT molecular complexity index is 634. The fourth-order valence-electron chi connectivity index (χ4n) is 2.54. The highest BCUT2D eigenvalue weighted by molar-refractivity contribution is 7.80. The maximum Gasteiger partial charge on any atom is 0.167 e. The van der Waals surface area contributed by atoms with E-state index in [-0.39, 0.29) is 6.04 Å². The number of hydrogen-bond acceptors (Lipinski definition) is 2. The molecule has 1 aromatic carbocycles. The summed E-state index contributed by atoms with van der Waals surface area (Å²) in [5.41, 5.74) is 4.70. The number of nitrogens with zero attached hydrogens (tertiary/aromatic N) is 2. The highest BCUT2D eigenvalue weighted by Gasteiger charge is 2.11. The van der Waals surface area contributed by atoms with Crippen LogP contribution in [-0.2, 0) is 13.1 Å². The molecule has 2 rings (SSSR count). The van der Waals surface area contributed by atoms with Crippen molar-refractivity contribution in [3.63, 3.8) is 0 Å². The maximum absolute atomic E-state index is 5.40. The molecule has 0 aliphatic rings. The van der Waals surface area contributed by atoms with Gasteiger partial charge in [0, 0.05) is 24.3 Å². The zero-order chi connectivity index (χ0) is 16.1. The van der Waals surface area contributed by atoms with Gasteiger partial charge in [-0.15, -0.1) is 0 Å². The Morgan fingerprint density at radius 3 is 2.55 bits per heavy atom. The van der Waals surface area contributed by atoms with Crippen LogP contribution in [0.25, 0.3) is 0 Å². The maximum atomic E-state index is 5.40. The Hall–Kier alpha value is -1.88. The summed E-state index contributed by atoms with van der Waals surface area (Å²) in [5, 5.41) is 11.8. The lowest BCUT2D eigenvalue weighted by molar-refractivity contribution is 0.633. The molecule has 0 saturated heterocycles. The molecule has 1 aromatic heterocycles. The summed E-state index contributed by atoms with van der Waals surface area (Å²) in [7, 11) is 0. The molecule has 2 aromatic rings. The van der Waals surface area contributed by atoms with E-state index in [9.17, 15) is 0 Å². The van der Waals surface area contributed by atoms with Gasteiger partial charge >= 0.3 is 0 Å². The first kappa shape index (κ1) is 16.5. The van der Waals surface area contributed by atoms with Crippen molar-refractivity contribution in [3.8, 4) is 0 Å². The van der Waals surface area contributed by atoms with Gasteiger partial charge in [-0.2, -0.15) is 5.10 Å². The summed E-state index contributed by atoms with van der Waals surface area (Å²) in [5.74, 6) is 0. The minimum atomic E-state index is 0.182. The van der Waals surface area contributed by atoms with E-state index in [0.29, 0.717) is 11.7 Å². The summed E-state index contributed by atoms with van der Waals surface area (Å²) in [6.45, 7) is 9.94. The third kappa shape index (κ3) is 3.85. The third-order valence-corrected chi connectivity index (χ3v) is 4.17. The Morgan fingerprint density at radius 1 is 1.27 bits per heavy atom. The Kier molecular flexibility index (Phi) is 5.55. The van der Waals surface area contributed by atoms with Crippen molar-refractivity contribution < 1.29 is 0 Å². The fourth-order valence-corrected chi connectivity index (χ4v) is 2.79. The highest BCUT2D eigenvalue weighted by Crippen LogP contribution is 2.13. The molecule has 0 aliphatic carbocycles. The monoisotopic (exact) mass is 316 g/mol. The summed E-state index contributed by atoms with van der Waals surface area (Å²) in [6.07, 6.45) is 0. The number of hydrogen-bond donors (Lipinski definition) is 2. The average molecular weight is 316 g/mol. The first-order valence-corrected chi connectivity index (χ1v) is 8.06. The van der Waals surface area contributed by atoms with E-state index in [0.717, 1.165) is 12.2 Å². The predicted octanol–water partition coefficient (Wildman–Crippen LogP) is 3.25. The molecule has 0 aliphatic heterocycles. The van der Waals surface area contributed by atoms with E-state index in [2.05, 4.69) is 48.6 Å². The van der Waals surface area contributed by atoms with Crippen LogP contribution in [0.5, 0.6) is 0 Å². The molecule has 2 N–H and O–H groups in total. The van der Waals surface area contributed by atoms with E-state index in [4.69, 9.17) is 12.2 Å². The van der Waals surface area contributed by atoms with E-state index in [1.165, 1.54) is 16.8 Å². The van der Waals surface area contributed by atoms with Gasteiger partial charge in [-0.05, 0) is 45.5 Å². The van der Waals surface area contributed by atoms with Gasteiger partial charge in [0.15, 0.2) is 5.11 Å². The van der Waals surface area contributed by atoms with Crippen molar-refractivity contribution >= 4 is 17.3 Å². The molecular weight excluding hydrogens is 292 g/mol. The van der Waals surface area contributed by atoms with Crippen molar-refractivity contribution in [1.82, 2.24) is 20.4 Å². The molecule has 5 heteroatoms. The second kappa shape index (κ2) is 7.40. The molecule has 0 spiro atoms. The van der Waals surface area contributed by atoms with E-state index in [1.54, 1.807) is 0 Å². The van der Waals surface area contributed by atoms with Crippen LogP contribution in [0, 0.1) is 13.8 Å². The molecule has 118 valence electrons. The Morgan fingerprint density at radius 2 is 1.95 bits per heavy atom. The molecule has 4 nitrogen and oxygen atoms in total. The lowest BCUT2D eigenvalue weighted by Gasteiger charge is -2.17. The number of nitrogens with one attached hydrogen (secondary N) is 2. The Balaban J connectivity index is 1.92. The van der Waals surface area contributed by atoms with Crippen LogP contribution in [0.2, 0.25) is 0 Å². The predicted molar refractivity (Wildman–Crippen MR) is 94.8 cm³/mol. The lowest BCUT2D eigenvalue weighted by Crippen LogP contribution is -2.36. The zero-order valence-electron chi connectivity index (χ0n) is 13.7. The quantitative estimate of drug-likeness (QED) is 0.831. The van der Waals surface area contributed by atoms with Gasteiger partial charge in [0.2, 0.25) is 0 Å². The molecule has 1 unspecified atom stereocenters. The molecule has 1 atom stereocenters. The van der Waals surface area contributed by atoms with Gasteiger partial charge in [0.1, 0.15) is 0 Å². The Labute approximate surface area is 137 Å². The van der Waals surface area contributed by atoms with Crippen molar-refractivity contribution in [2.45, 2.75) is 46.8 Å². The summed E-state index contributed by atoms with van der Waals surface area (Å²) >= 11 is 5.40. The minimum absolute atomic E-state index is 0.182. The third-order valence-electron chi connectivity index (χ3n) is 3.90. The standard InChI is InChI=1S/C17H24N4S/c1-5-21-14(4)16(13(3)20-21)11-18-17(22)19-12(2)15-9-7-6-8-10-15/h6-10,12H,5,11H2,1-4H3,(H2,18,19,22). The largest absolute Gasteiger partial charge is 0.359 e. The van der Waals surface area contributed by atoms with Gasteiger partial charge in [-0.1, -0.05) is 30.3 Å². The van der Waals surface area contributed by atoms with Gasteiger partial charge in [-0.25, -0.2) is 0 Å². The molecule has 0 bridgehead atoms. The molecule has 0 saturated carbocycles. The number of aryl methyl sites for hydroxylation is 2. The number of aromatic nitrogens is 2. The van der Waals surface area contributed by atoms with Crippen LogP contribution in [0.15, 0.2) is 30.3 Å². The zero-order valence-corrected chi connectivity index (χ0v) is 14.5.